The lowest BCUT2D eigenvalue weighted by Crippen LogP contribution is -2.23. The zero-order valence-corrected chi connectivity index (χ0v) is 12.9. The van der Waals surface area contributed by atoms with Crippen LogP contribution in [0.3, 0.4) is 0 Å². The Morgan fingerprint density at radius 3 is 2.85 bits per heavy atom. The lowest BCUT2D eigenvalue weighted by atomic mass is 9.94. The van der Waals surface area contributed by atoms with Gasteiger partial charge in [0.2, 0.25) is 5.91 Å². The summed E-state index contributed by atoms with van der Waals surface area (Å²) in [4.78, 5) is 12.1. The molecule has 2 rings (SSSR count). The minimum absolute atomic E-state index is 0.0516. The van der Waals surface area contributed by atoms with Crippen LogP contribution in [0, 0.1) is 11.8 Å². The van der Waals surface area contributed by atoms with Crippen molar-refractivity contribution in [2.75, 3.05) is 11.9 Å². The van der Waals surface area contributed by atoms with Crippen molar-refractivity contribution >= 4 is 33.0 Å². The fraction of sp³-hybridized carbons (Fsp3) is 0.438. The molecule has 2 aromatic rings. The van der Waals surface area contributed by atoms with Crippen LogP contribution in [0.15, 0.2) is 29.6 Å². The number of fused-ring (bicyclic) bond motifs is 1. The van der Waals surface area contributed by atoms with Crippen LogP contribution in [0.2, 0.25) is 0 Å². The molecule has 4 heteroatoms. The maximum Gasteiger partial charge on any atom is 0.224 e. The summed E-state index contributed by atoms with van der Waals surface area (Å²) in [6.45, 7) is 4.88. The molecule has 1 heterocycles. The monoisotopic (exact) mass is 290 g/mol. The number of rotatable bonds is 6. The van der Waals surface area contributed by atoms with Crippen LogP contribution in [0.1, 0.15) is 26.7 Å². The molecule has 0 saturated heterocycles. The highest BCUT2D eigenvalue weighted by Gasteiger charge is 2.14. The standard InChI is InChI=1S/C16H22N2OS/c1-11(2)7-12(10-17)8-16(19)18-14-3-4-15-13(9-14)5-6-20-15/h3-6,9,11-12H,7-8,10,17H2,1-2H3,(H,18,19)/t12-/m0/s1. The molecule has 0 spiro atoms. The summed E-state index contributed by atoms with van der Waals surface area (Å²) < 4.78 is 1.24. The minimum atomic E-state index is 0.0516. The first-order valence-corrected chi connectivity index (χ1v) is 7.93. The number of thiophene rings is 1. The fourth-order valence-corrected chi connectivity index (χ4v) is 3.22. The Balaban J connectivity index is 1.96. The molecule has 1 amide bonds. The number of hydrogen-bond acceptors (Lipinski definition) is 3. The summed E-state index contributed by atoms with van der Waals surface area (Å²) in [6, 6.07) is 8.08. The highest BCUT2D eigenvalue weighted by atomic mass is 32.1. The summed E-state index contributed by atoms with van der Waals surface area (Å²) in [5.74, 6) is 0.883. The first kappa shape index (κ1) is 15.0. The number of carbonyl (C=O) groups excluding carboxylic acids is 1. The molecule has 3 nitrogen and oxygen atoms in total. The van der Waals surface area contributed by atoms with Crippen molar-refractivity contribution < 1.29 is 4.79 Å². The lowest BCUT2D eigenvalue weighted by Gasteiger charge is -2.16. The van der Waals surface area contributed by atoms with E-state index in [2.05, 4.69) is 30.6 Å². The number of benzene rings is 1. The molecule has 0 bridgehead atoms. The third kappa shape index (κ3) is 4.05. The SMILES string of the molecule is CC(C)C[C@H](CN)CC(=O)Nc1ccc2sccc2c1. The Hall–Kier alpha value is -1.39. The smallest absolute Gasteiger partial charge is 0.224 e. The van der Waals surface area contributed by atoms with Crippen molar-refractivity contribution in [3.8, 4) is 0 Å². The van der Waals surface area contributed by atoms with E-state index >= 15 is 0 Å². The number of nitrogens with two attached hydrogens (primary N) is 1. The summed E-state index contributed by atoms with van der Waals surface area (Å²) in [5.41, 5.74) is 6.61. The van der Waals surface area contributed by atoms with Gasteiger partial charge >= 0.3 is 0 Å². The van der Waals surface area contributed by atoms with Crippen molar-refractivity contribution in [2.24, 2.45) is 17.6 Å². The number of hydrogen-bond donors (Lipinski definition) is 2. The molecule has 1 aromatic heterocycles. The van der Waals surface area contributed by atoms with E-state index in [1.54, 1.807) is 11.3 Å². The van der Waals surface area contributed by atoms with E-state index in [-0.39, 0.29) is 11.8 Å². The van der Waals surface area contributed by atoms with Crippen LogP contribution in [0.25, 0.3) is 10.1 Å². The van der Waals surface area contributed by atoms with Gasteiger partial charge in [0.1, 0.15) is 0 Å². The normalized spacial score (nSPS) is 12.8. The van der Waals surface area contributed by atoms with Gasteiger partial charge in [-0.15, -0.1) is 11.3 Å². The van der Waals surface area contributed by atoms with Crippen molar-refractivity contribution in [2.45, 2.75) is 26.7 Å². The summed E-state index contributed by atoms with van der Waals surface area (Å²) in [6.07, 6.45) is 1.49. The number of nitrogens with one attached hydrogen (secondary N) is 1. The van der Waals surface area contributed by atoms with Gasteiger partial charge in [-0.25, -0.2) is 0 Å². The molecule has 0 aliphatic heterocycles. The molecular weight excluding hydrogens is 268 g/mol. The zero-order valence-electron chi connectivity index (χ0n) is 12.1. The summed E-state index contributed by atoms with van der Waals surface area (Å²) >= 11 is 1.71. The van der Waals surface area contributed by atoms with Crippen LogP contribution < -0.4 is 11.1 Å². The Morgan fingerprint density at radius 1 is 1.35 bits per heavy atom. The first-order valence-electron chi connectivity index (χ1n) is 7.05. The van der Waals surface area contributed by atoms with Crippen molar-refractivity contribution in [3.05, 3.63) is 29.6 Å². The van der Waals surface area contributed by atoms with Gasteiger partial charge in [0.25, 0.3) is 0 Å². The lowest BCUT2D eigenvalue weighted by molar-refractivity contribution is -0.117. The van der Waals surface area contributed by atoms with E-state index < -0.39 is 0 Å². The second-order valence-corrected chi connectivity index (χ2v) is 6.60. The molecule has 0 unspecified atom stereocenters. The van der Waals surface area contributed by atoms with E-state index in [4.69, 9.17) is 5.73 Å². The molecule has 1 atom stereocenters. The molecule has 3 N–H and O–H groups in total. The van der Waals surface area contributed by atoms with Crippen molar-refractivity contribution in [3.63, 3.8) is 0 Å². The Morgan fingerprint density at radius 2 is 2.15 bits per heavy atom. The number of anilines is 1. The second kappa shape index (κ2) is 6.86. The zero-order chi connectivity index (χ0) is 14.5. The summed E-state index contributed by atoms with van der Waals surface area (Å²) in [7, 11) is 0. The maximum absolute atomic E-state index is 12.1. The molecule has 0 saturated carbocycles. The Labute approximate surface area is 124 Å². The molecular formula is C16H22N2OS. The van der Waals surface area contributed by atoms with Crippen LogP contribution in [-0.2, 0) is 4.79 Å². The van der Waals surface area contributed by atoms with Crippen molar-refractivity contribution in [1.29, 1.82) is 0 Å². The second-order valence-electron chi connectivity index (χ2n) is 5.66. The number of carbonyl (C=O) groups is 1. The Bertz CT molecular complexity index is 577. The van der Waals surface area contributed by atoms with E-state index in [0.717, 1.165) is 12.1 Å². The highest BCUT2D eigenvalue weighted by molar-refractivity contribution is 7.17. The quantitative estimate of drug-likeness (QED) is 0.849. The molecule has 0 aliphatic rings. The van der Waals surface area contributed by atoms with Gasteiger partial charge in [-0.2, -0.15) is 0 Å². The van der Waals surface area contributed by atoms with Gasteiger partial charge in [-0.1, -0.05) is 13.8 Å². The third-order valence-corrected chi connectivity index (χ3v) is 4.25. The van der Waals surface area contributed by atoms with Crippen LogP contribution >= 0.6 is 11.3 Å². The molecule has 0 fully saturated rings. The highest BCUT2D eigenvalue weighted by Crippen LogP contribution is 2.24. The van der Waals surface area contributed by atoms with E-state index in [1.807, 2.05) is 18.2 Å². The van der Waals surface area contributed by atoms with E-state index in [1.165, 1.54) is 10.1 Å². The van der Waals surface area contributed by atoms with Crippen molar-refractivity contribution in [1.82, 2.24) is 0 Å². The average molecular weight is 290 g/mol. The average Bonchev–Trinajstić information content (AvgIpc) is 2.84. The van der Waals surface area contributed by atoms with E-state index in [0.29, 0.717) is 18.9 Å². The Kier molecular flexibility index (Phi) is 5.15. The van der Waals surface area contributed by atoms with Gasteiger partial charge in [-0.05, 0) is 59.8 Å². The van der Waals surface area contributed by atoms with Crippen LogP contribution in [0.5, 0.6) is 0 Å². The van der Waals surface area contributed by atoms with E-state index in [9.17, 15) is 4.79 Å². The fourth-order valence-electron chi connectivity index (χ4n) is 2.45. The molecule has 0 aliphatic carbocycles. The van der Waals surface area contributed by atoms with Gasteiger partial charge in [0.05, 0.1) is 0 Å². The molecule has 1 aromatic carbocycles. The predicted molar refractivity (Wildman–Crippen MR) is 87.1 cm³/mol. The van der Waals surface area contributed by atoms with Crippen LogP contribution in [0.4, 0.5) is 5.69 Å². The van der Waals surface area contributed by atoms with Gasteiger partial charge < -0.3 is 11.1 Å². The van der Waals surface area contributed by atoms with Gasteiger partial charge in [0, 0.05) is 16.8 Å². The number of amides is 1. The maximum atomic E-state index is 12.1. The first-order chi connectivity index (χ1) is 9.58. The summed E-state index contributed by atoms with van der Waals surface area (Å²) in [5, 5.41) is 6.20. The topological polar surface area (TPSA) is 55.1 Å². The largest absolute Gasteiger partial charge is 0.330 e. The van der Waals surface area contributed by atoms with Crippen LogP contribution in [-0.4, -0.2) is 12.5 Å². The minimum Gasteiger partial charge on any atom is -0.330 e. The van der Waals surface area contributed by atoms with Gasteiger partial charge in [-0.3, -0.25) is 4.79 Å². The molecule has 108 valence electrons. The third-order valence-electron chi connectivity index (χ3n) is 3.35. The molecule has 20 heavy (non-hydrogen) atoms. The predicted octanol–water partition coefficient (Wildman–Crippen LogP) is 3.85. The molecule has 0 radical (unpaired) electrons. The van der Waals surface area contributed by atoms with Gasteiger partial charge in [0.15, 0.2) is 0 Å².